The van der Waals surface area contributed by atoms with E-state index in [0.717, 1.165) is 4.88 Å². The lowest BCUT2D eigenvalue weighted by molar-refractivity contribution is 0.0733. The van der Waals surface area contributed by atoms with Crippen LogP contribution in [0.1, 0.15) is 14.5 Å². The summed E-state index contributed by atoms with van der Waals surface area (Å²) in [5.41, 5.74) is 0. The van der Waals surface area contributed by atoms with Crippen LogP contribution in [0.3, 0.4) is 0 Å². The minimum atomic E-state index is -0.538. The lowest BCUT2D eigenvalue weighted by Crippen LogP contribution is -2.07. The standard InChI is InChI=1S/C12H9FO2S/c1-8-6-7-11(16-8)12(14)15-10-5-3-2-4-9(10)13/h2-7H,1H3. The molecule has 16 heavy (non-hydrogen) atoms. The number of ether oxygens (including phenoxy) is 1. The van der Waals surface area contributed by atoms with Crippen molar-refractivity contribution in [2.24, 2.45) is 0 Å². The Hall–Kier alpha value is -1.68. The Morgan fingerprint density at radius 2 is 2.00 bits per heavy atom. The molecular weight excluding hydrogens is 227 g/mol. The van der Waals surface area contributed by atoms with E-state index in [0.29, 0.717) is 4.88 Å². The van der Waals surface area contributed by atoms with Gasteiger partial charge >= 0.3 is 5.97 Å². The van der Waals surface area contributed by atoms with Crippen molar-refractivity contribution in [3.05, 3.63) is 52.0 Å². The highest BCUT2D eigenvalue weighted by molar-refractivity contribution is 7.13. The smallest absolute Gasteiger partial charge is 0.353 e. The minimum Gasteiger partial charge on any atom is -0.419 e. The van der Waals surface area contributed by atoms with Crippen molar-refractivity contribution in [1.29, 1.82) is 0 Å². The molecule has 0 radical (unpaired) electrons. The number of para-hydroxylation sites is 1. The first-order chi connectivity index (χ1) is 7.66. The Bertz CT molecular complexity index is 519. The maximum atomic E-state index is 13.2. The molecule has 4 heteroatoms. The zero-order valence-electron chi connectivity index (χ0n) is 8.57. The topological polar surface area (TPSA) is 26.3 Å². The van der Waals surface area contributed by atoms with Crippen LogP contribution in [0.4, 0.5) is 4.39 Å². The Kier molecular flexibility index (Phi) is 3.01. The van der Waals surface area contributed by atoms with Crippen LogP contribution in [-0.2, 0) is 0 Å². The fourth-order valence-electron chi connectivity index (χ4n) is 1.22. The number of esters is 1. The average molecular weight is 236 g/mol. The van der Waals surface area contributed by atoms with Crippen LogP contribution in [0.15, 0.2) is 36.4 Å². The summed E-state index contributed by atoms with van der Waals surface area (Å²) in [7, 11) is 0. The molecule has 0 amide bonds. The van der Waals surface area contributed by atoms with Gasteiger partial charge in [-0.25, -0.2) is 9.18 Å². The molecule has 1 aromatic heterocycles. The molecule has 0 fully saturated rings. The molecule has 0 bridgehead atoms. The summed E-state index contributed by atoms with van der Waals surface area (Å²) in [6.07, 6.45) is 0. The van der Waals surface area contributed by atoms with E-state index in [9.17, 15) is 9.18 Å². The van der Waals surface area contributed by atoms with E-state index < -0.39 is 11.8 Å². The number of aryl methyl sites for hydroxylation is 1. The molecule has 0 saturated heterocycles. The number of hydrogen-bond acceptors (Lipinski definition) is 3. The highest BCUT2D eigenvalue weighted by atomic mass is 32.1. The number of rotatable bonds is 2. The molecule has 2 rings (SSSR count). The van der Waals surface area contributed by atoms with Crippen LogP contribution >= 0.6 is 11.3 Å². The molecule has 82 valence electrons. The molecule has 2 aromatic rings. The van der Waals surface area contributed by atoms with Gasteiger partial charge < -0.3 is 4.74 Å². The fraction of sp³-hybridized carbons (Fsp3) is 0.0833. The number of carbonyl (C=O) groups is 1. The summed E-state index contributed by atoms with van der Waals surface area (Å²) >= 11 is 1.32. The average Bonchev–Trinajstić information content (AvgIpc) is 2.68. The maximum absolute atomic E-state index is 13.2. The Morgan fingerprint density at radius 1 is 1.25 bits per heavy atom. The first-order valence-electron chi connectivity index (χ1n) is 4.70. The van der Waals surface area contributed by atoms with Gasteiger partial charge in [0.15, 0.2) is 11.6 Å². The van der Waals surface area contributed by atoms with Crippen LogP contribution < -0.4 is 4.74 Å². The van der Waals surface area contributed by atoms with E-state index in [4.69, 9.17) is 4.74 Å². The number of carbonyl (C=O) groups excluding carboxylic acids is 1. The molecule has 0 aliphatic heterocycles. The first-order valence-corrected chi connectivity index (χ1v) is 5.51. The van der Waals surface area contributed by atoms with Crippen molar-refractivity contribution in [2.75, 3.05) is 0 Å². The Balaban J connectivity index is 2.17. The van der Waals surface area contributed by atoms with Gasteiger partial charge in [0.2, 0.25) is 0 Å². The van der Waals surface area contributed by atoms with Crippen molar-refractivity contribution >= 4 is 17.3 Å². The second kappa shape index (κ2) is 4.45. The monoisotopic (exact) mass is 236 g/mol. The number of hydrogen-bond donors (Lipinski definition) is 0. The summed E-state index contributed by atoms with van der Waals surface area (Å²) in [5, 5.41) is 0. The predicted octanol–water partition coefficient (Wildman–Crippen LogP) is 3.41. The number of thiophene rings is 1. The summed E-state index contributed by atoms with van der Waals surface area (Å²) in [5.74, 6) is -1.11. The SMILES string of the molecule is Cc1ccc(C(=O)Oc2ccccc2F)s1. The van der Waals surface area contributed by atoms with Gasteiger partial charge in [-0.1, -0.05) is 12.1 Å². The van der Waals surface area contributed by atoms with E-state index in [2.05, 4.69) is 0 Å². The molecule has 0 aliphatic carbocycles. The number of halogens is 1. The van der Waals surface area contributed by atoms with Crippen LogP contribution in [0.5, 0.6) is 5.75 Å². The van der Waals surface area contributed by atoms with Crippen molar-refractivity contribution in [3.8, 4) is 5.75 Å². The second-order valence-corrected chi connectivity index (χ2v) is 4.52. The molecule has 0 saturated carbocycles. The van der Waals surface area contributed by atoms with Crippen LogP contribution in [-0.4, -0.2) is 5.97 Å². The van der Waals surface area contributed by atoms with Crippen molar-refractivity contribution in [1.82, 2.24) is 0 Å². The van der Waals surface area contributed by atoms with E-state index in [1.54, 1.807) is 18.2 Å². The quantitative estimate of drug-likeness (QED) is 0.590. The summed E-state index contributed by atoms with van der Waals surface area (Å²) in [4.78, 5) is 13.1. The van der Waals surface area contributed by atoms with Crippen LogP contribution in [0.2, 0.25) is 0 Å². The zero-order valence-corrected chi connectivity index (χ0v) is 9.38. The largest absolute Gasteiger partial charge is 0.419 e. The zero-order chi connectivity index (χ0) is 11.5. The predicted molar refractivity (Wildman–Crippen MR) is 60.4 cm³/mol. The third-order valence-corrected chi connectivity index (χ3v) is 2.96. The highest BCUT2D eigenvalue weighted by Crippen LogP contribution is 2.20. The lowest BCUT2D eigenvalue weighted by atomic mass is 10.3. The normalized spacial score (nSPS) is 10.1. The van der Waals surface area contributed by atoms with Gasteiger partial charge in [-0.05, 0) is 31.2 Å². The first kappa shape index (κ1) is 10.8. The maximum Gasteiger partial charge on any atom is 0.353 e. The van der Waals surface area contributed by atoms with E-state index in [1.165, 1.54) is 23.5 Å². The highest BCUT2D eigenvalue weighted by Gasteiger charge is 2.12. The van der Waals surface area contributed by atoms with Gasteiger partial charge in [-0.2, -0.15) is 0 Å². The summed E-state index contributed by atoms with van der Waals surface area (Å²) in [6.45, 7) is 1.89. The van der Waals surface area contributed by atoms with Gasteiger partial charge in [0, 0.05) is 4.88 Å². The van der Waals surface area contributed by atoms with E-state index in [1.807, 2.05) is 13.0 Å². The van der Waals surface area contributed by atoms with Gasteiger partial charge in [0.05, 0.1) is 0 Å². The third kappa shape index (κ3) is 2.28. The fourth-order valence-corrected chi connectivity index (χ4v) is 1.97. The van der Waals surface area contributed by atoms with Crippen LogP contribution in [0.25, 0.3) is 0 Å². The van der Waals surface area contributed by atoms with Gasteiger partial charge in [0.1, 0.15) is 4.88 Å². The summed E-state index contributed by atoms with van der Waals surface area (Å²) < 4.78 is 18.1. The molecular formula is C12H9FO2S. The summed E-state index contributed by atoms with van der Waals surface area (Å²) in [6, 6.07) is 9.33. The minimum absolute atomic E-state index is 0.0430. The molecule has 0 spiro atoms. The lowest BCUT2D eigenvalue weighted by Gasteiger charge is -2.02. The van der Waals surface area contributed by atoms with E-state index >= 15 is 0 Å². The molecule has 1 heterocycles. The van der Waals surface area contributed by atoms with Crippen molar-refractivity contribution < 1.29 is 13.9 Å². The third-order valence-electron chi connectivity index (χ3n) is 1.98. The molecule has 2 nitrogen and oxygen atoms in total. The van der Waals surface area contributed by atoms with Crippen molar-refractivity contribution in [2.45, 2.75) is 6.92 Å². The van der Waals surface area contributed by atoms with Gasteiger partial charge in [-0.15, -0.1) is 11.3 Å². The van der Waals surface area contributed by atoms with Crippen molar-refractivity contribution in [3.63, 3.8) is 0 Å². The Morgan fingerprint density at radius 3 is 2.62 bits per heavy atom. The molecule has 0 N–H and O–H groups in total. The molecule has 1 aromatic carbocycles. The van der Waals surface area contributed by atoms with Crippen LogP contribution in [0, 0.1) is 12.7 Å². The molecule has 0 unspecified atom stereocenters. The van der Waals surface area contributed by atoms with Gasteiger partial charge in [-0.3, -0.25) is 0 Å². The molecule has 0 atom stereocenters. The number of benzene rings is 1. The van der Waals surface area contributed by atoms with E-state index in [-0.39, 0.29) is 5.75 Å². The second-order valence-electron chi connectivity index (χ2n) is 3.23. The molecule has 0 aliphatic rings. The van der Waals surface area contributed by atoms with Gasteiger partial charge in [0.25, 0.3) is 0 Å². The Labute approximate surface area is 96.3 Å².